The number of rotatable bonds is 7. The number of halogens is 3. The minimum absolute atomic E-state index is 0.0636. The zero-order valence-electron chi connectivity index (χ0n) is 12.9. The first-order chi connectivity index (χ1) is 11.4. The summed E-state index contributed by atoms with van der Waals surface area (Å²) in [4.78, 5) is 23.4. The van der Waals surface area contributed by atoms with Gasteiger partial charge in [-0.15, -0.1) is 0 Å². The minimum Gasteiger partial charge on any atom is -0.456 e. The van der Waals surface area contributed by atoms with Crippen LogP contribution in [0.1, 0.15) is 32.1 Å². The van der Waals surface area contributed by atoms with E-state index in [1.165, 1.54) is 18.2 Å². The van der Waals surface area contributed by atoms with Crippen molar-refractivity contribution in [1.29, 1.82) is 0 Å². The molecule has 0 radical (unpaired) electrons. The predicted octanol–water partition coefficient (Wildman–Crippen LogP) is 4.00. The van der Waals surface area contributed by atoms with E-state index in [-0.39, 0.29) is 10.8 Å². The normalized spacial score (nSPS) is 14.7. The molecule has 1 aromatic carbocycles. The van der Waals surface area contributed by atoms with Crippen molar-refractivity contribution >= 4 is 29.2 Å². The maximum Gasteiger partial charge on any atom is 0.387 e. The Balaban J connectivity index is 1.77. The van der Waals surface area contributed by atoms with Crippen LogP contribution in [0.25, 0.3) is 0 Å². The molecule has 0 atom stereocenters. The highest BCUT2D eigenvalue weighted by Crippen LogP contribution is 2.29. The molecule has 24 heavy (non-hydrogen) atoms. The van der Waals surface area contributed by atoms with Gasteiger partial charge in [0.05, 0.1) is 5.02 Å². The third-order valence-electron chi connectivity index (χ3n) is 3.73. The van der Waals surface area contributed by atoms with Gasteiger partial charge in [-0.2, -0.15) is 8.78 Å². The monoisotopic (exact) mass is 361 g/mol. The summed E-state index contributed by atoms with van der Waals surface area (Å²) in [6.07, 6.45) is 4.63. The molecule has 0 heterocycles. The summed E-state index contributed by atoms with van der Waals surface area (Å²) in [6.45, 7) is -3.39. The lowest BCUT2D eigenvalue weighted by Gasteiger charge is -2.11. The molecule has 5 nitrogen and oxygen atoms in total. The standard InChI is InChI=1S/C16H18ClF2NO4/c17-12-8-11(5-6-13(12)24-16(18)19)20-14(21)9-23-15(22)7-10-3-1-2-4-10/h5-6,8,10,16H,1-4,7,9H2,(H,20,21). The highest BCUT2D eigenvalue weighted by atomic mass is 35.5. The maximum absolute atomic E-state index is 12.1. The zero-order valence-corrected chi connectivity index (χ0v) is 13.7. The summed E-state index contributed by atoms with van der Waals surface area (Å²) >= 11 is 5.78. The van der Waals surface area contributed by atoms with Crippen molar-refractivity contribution in [3.8, 4) is 5.75 Å². The summed E-state index contributed by atoms with van der Waals surface area (Å²) in [5.41, 5.74) is 0.290. The van der Waals surface area contributed by atoms with Crippen LogP contribution in [0.15, 0.2) is 18.2 Å². The molecule has 1 fully saturated rings. The third-order valence-corrected chi connectivity index (χ3v) is 4.02. The molecule has 8 heteroatoms. The summed E-state index contributed by atoms with van der Waals surface area (Å²) in [5.74, 6) is -0.765. The van der Waals surface area contributed by atoms with Crippen molar-refractivity contribution in [2.24, 2.45) is 5.92 Å². The summed E-state index contributed by atoms with van der Waals surface area (Å²) < 4.78 is 33.4. The number of benzene rings is 1. The van der Waals surface area contributed by atoms with Crippen molar-refractivity contribution in [3.05, 3.63) is 23.2 Å². The van der Waals surface area contributed by atoms with Gasteiger partial charge >= 0.3 is 12.6 Å². The van der Waals surface area contributed by atoms with Gasteiger partial charge < -0.3 is 14.8 Å². The number of hydrogen-bond donors (Lipinski definition) is 1. The second-order valence-electron chi connectivity index (χ2n) is 5.59. The summed E-state index contributed by atoms with van der Waals surface area (Å²) in [6, 6.07) is 3.86. The molecule has 2 rings (SSSR count). The molecule has 1 amide bonds. The lowest BCUT2D eigenvalue weighted by Crippen LogP contribution is -2.21. The highest BCUT2D eigenvalue weighted by Gasteiger charge is 2.19. The van der Waals surface area contributed by atoms with Gasteiger partial charge in [0, 0.05) is 12.1 Å². The Morgan fingerprint density at radius 3 is 2.62 bits per heavy atom. The first-order valence-corrected chi connectivity index (χ1v) is 8.01. The van der Waals surface area contributed by atoms with E-state index in [1.807, 2.05) is 0 Å². The average Bonchev–Trinajstić information content (AvgIpc) is 3.00. The molecule has 0 spiro atoms. The van der Waals surface area contributed by atoms with Crippen LogP contribution in [-0.4, -0.2) is 25.1 Å². The van der Waals surface area contributed by atoms with Crippen LogP contribution in [-0.2, 0) is 14.3 Å². The van der Waals surface area contributed by atoms with Crippen molar-refractivity contribution in [2.75, 3.05) is 11.9 Å². The molecule has 0 saturated heterocycles. The number of hydrogen-bond acceptors (Lipinski definition) is 4. The number of carbonyl (C=O) groups is 2. The minimum atomic E-state index is -2.98. The topological polar surface area (TPSA) is 64.6 Å². The van der Waals surface area contributed by atoms with Gasteiger partial charge in [0.15, 0.2) is 6.61 Å². The molecule has 0 unspecified atom stereocenters. The fourth-order valence-electron chi connectivity index (χ4n) is 2.62. The quantitative estimate of drug-likeness (QED) is 0.745. The molecular formula is C16H18ClF2NO4. The Labute approximate surface area is 143 Å². The first-order valence-electron chi connectivity index (χ1n) is 7.64. The van der Waals surface area contributed by atoms with E-state index >= 15 is 0 Å². The van der Waals surface area contributed by atoms with Gasteiger partial charge in [-0.1, -0.05) is 24.4 Å². The second-order valence-corrected chi connectivity index (χ2v) is 5.99. The molecule has 1 N–H and O–H groups in total. The van der Waals surface area contributed by atoms with E-state index in [1.54, 1.807) is 0 Å². The molecular weight excluding hydrogens is 344 g/mol. The van der Waals surface area contributed by atoms with Crippen molar-refractivity contribution in [2.45, 2.75) is 38.7 Å². The lowest BCUT2D eigenvalue weighted by molar-refractivity contribution is -0.148. The maximum atomic E-state index is 12.1. The zero-order chi connectivity index (χ0) is 17.5. The van der Waals surface area contributed by atoms with Gasteiger partial charge in [-0.25, -0.2) is 0 Å². The van der Waals surface area contributed by atoms with Gasteiger partial charge in [0.2, 0.25) is 0 Å². The summed E-state index contributed by atoms with van der Waals surface area (Å²) in [5, 5.41) is 2.41. The van der Waals surface area contributed by atoms with Crippen molar-refractivity contribution < 1.29 is 27.8 Å². The van der Waals surface area contributed by atoms with Gasteiger partial charge in [-0.3, -0.25) is 9.59 Å². The fraction of sp³-hybridized carbons (Fsp3) is 0.500. The van der Waals surface area contributed by atoms with Gasteiger partial charge in [0.25, 0.3) is 5.91 Å². The van der Waals surface area contributed by atoms with Crippen LogP contribution in [0.5, 0.6) is 5.75 Å². The van der Waals surface area contributed by atoms with E-state index in [0.29, 0.717) is 18.0 Å². The number of nitrogens with one attached hydrogen (secondary N) is 1. The smallest absolute Gasteiger partial charge is 0.387 e. The Morgan fingerprint density at radius 1 is 1.29 bits per heavy atom. The number of esters is 1. The van der Waals surface area contributed by atoms with Crippen LogP contribution in [0.3, 0.4) is 0 Å². The molecule has 0 bridgehead atoms. The van der Waals surface area contributed by atoms with E-state index < -0.39 is 25.1 Å². The number of ether oxygens (including phenoxy) is 2. The van der Waals surface area contributed by atoms with E-state index in [0.717, 1.165) is 25.7 Å². The number of carbonyl (C=O) groups excluding carboxylic acids is 2. The van der Waals surface area contributed by atoms with Gasteiger partial charge in [-0.05, 0) is 37.0 Å². The Bertz CT molecular complexity index is 591. The number of alkyl halides is 2. The predicted molar refractivity (Wildman–Crippen MR) is 84.2 cm³/mol. The molecule has 1 aromatic rings. The summed E-state index contributed by atoms with van der Waals surface area (Å²) in [7, 11) is 0. The average molecular weight is 362 g/mol. The van der Waals surface area contributed by atoms with Crippen LogP contribution < -0.4 is 10.1 Å². The van der Waals surface area contributed by atoms with Crippen LogP contribution in [0.2, 0.25) is 5.02 Å². The van der Waals surface area contributed by atoms with Crippen LogP contribution in [0, 0.1) is 5.92 Å². The van der Waals surface area contributed by atoms with Crippen LogP contribution in [0.4, 0.5) is 14.5 Å². The van der Waals surface area contributed by atoms with Crippen LogP contribution >= 0.6 is 11.6 Å². The Hall–Kier alpha value is -1.89. The molecule has 1 aliphatic rings. The SMILES string of the molecule is O=C(COC(=O)CC1CCCC1)Nc1ccc(OC(F)F)c(Cl)c1. The van der Waals surface area contributed by atoms with Crippen molar-refractivity contribution in [3.63, 3.8) is 0 Å². The highest BCUT2D eigenvalue weighted by molar-refractivity contribution is 6.32. The van der Waals surface area contributed by atoms with E-state index in [4.69, 9.17) is 16.3 Å². The number of anilines is 1. The number of amides is 1. The molecule has 1 aliphatic carbocycles. The first kappa shape index (κ1) is 18.4. The largest absolute Gasteiger partial charge is 0.456 e. The van der Waals surface area contributed by atoms with E-state index in [2.05, 4.69) is 10.1 Å². The van der Waals surface area contributed by atoms with Gasteiger partial charge in [0.1, 0.15) is 5.75 Å². The lowest BCUT2D eigenvalue weighted by atomic mass is 10.1. The molecule has 1 saturated carbocycles. The second kappa shape index (κ2) is 8.82. The molecule has 0 aromatic heterocycles. The Kier molecular flexibility index (Phi) is 6.78. The molecule has 132 valence electrons. The fourth-order valence-corrected chi connectivity index (χ4v) is 2.85. The van der Waals surface area contributed by atoms with E-state index in [9.17, 15) is 18.4 Å². The van der Waals surface area contributed by atoms with Crippen molar-refractivity contribution in [1.82, 2.24) is 0 Å². The Morgan fingerprint density at radius 2 is 2.00 bits per heavy atom. The third kappa shape index (κ3) is 5.96. The molecule has 0 aliphatic heterocycles.